The number of pyridine rings is 1. The lowest BCUT2D eigenvalue weighted by atomic mass is 10.0. The van der Waals surface area contributed by atoms with E-state index in [1.807, 2.05) is 46.9 Å². The maximum atomic E-state index is 11.3. The van der Waals surface area contributed by atoms with E-state index in [0.717, 1.165) is 22.3 Å². The fourth-order valence-electron chi connectivity index (χ4n) is 4.22. The number of nitriles is 1. The molecule has 0 radical (unpaired) electrons. The van der Waals surface area contributed by atoms with Crippen LogP contribution in [0.5, 0.6) is 11.5 Å². The quantitative estimate of drug-likeness (QED) is 0.184. The molecule has 182 valence electrons. The van der Waals surface area contributed by atoms with Crippen LogP contribution in [0.2, 0.25) is 5.02 Å². The summed E-state index contributed by atoms with van der Waals surface area (Å²) in [5.41, 5.74) is 4.98. The van der Waals surface area contributed by atoms with Crippen molar-refractivity contribution >= 4 is 46.1 Å². The van der Waals surface area contributed by atoms with Gasteiger partial charge in [0.2, 0.25) is 0 Å². The number of ether oxygens (including phenoxy) is 2. The second-order valence-corrected chi connectivity index (χ2v) is 8.54. The molecule has 3 aromatic carbocycles. The monoisotopic (exact) mass is 510 g/mol. The van der Waals surface area contributed by atoms with Crippen LogP contribution in [0.1, 0.15) is 16.7 Å². The third-order valence-electron chi connectivity index (χ3n) is 5.99. The summed E-state index contributed by atoms with van der Waals surface area (Å²) < 4.78 is 12.9. The lowest BCUT2D eigenvalue weighted by molar-refractivity contribution is -0.384. The summed E-state index contributed by atoms with van der Waals surface area (Å²) in [7, 11) is 3.16. The minimum Gasteiger partial charge on any atom is -0.497 e. The average molecular weight is 511 g/mol. The van der Waals surface area contributed by atoms with Gasteiger partial charge in [-0.15, -0.1) is 0 Å². The summed E-state index contributed by atoms with van der Waals surface area (Å²) in [5, 5.41) is 21.5. The molecule has 0 N–H and O–H groups in total. The molecule has 0 bridgehead atoms. The fraction of sp³-hybridized carbons (Fsp3) is 0.0714. The summed E-state index contributed by atoms with van der Waals surface area (Å²) in [6.07, 6.45) is 3.44. The minimum atomic E-state index is -0.531. The Kier molecular flexibility index (Phi) is 6.22. The molecular weight excluding hydrogens is 492 g/mol. The van der Waals surface area contributed by atoms with Crippen LogP contribution in [-0.4, -0.2) is 28.5 Å². The summed E-state index contributed by atoms with van der Waals surface area (Å²) in [4.78, 5) is 15.5. The van der Waals surface area contributed by atoms with E-state index in [1.54, 1.807) is 38.5 Å². The number of nitro groups is 1. The normalized spacial score (nSPS) is 11.2. The lowest BCUT2D eigenvalue weighted by Gasteiger charge is -2.13. The third-order valence-corrected chi connectivity index (χ3v) is 6.31. The van der Waals surface area contributed by atoms with Crippen molar-refractivity contribution in [3.05, 3.63) is 98.6 Å². The first-order valence-electron chi connectivity index (χ1n) is 11.1. The number of fused-ring (bicyclic) bond motifs is 3. The van der Waals surface area contributed by atoms with Gasteiger partial charge in [0, 0.05) is 17.7 Å². The summed E-state index contributed by atoms with van der Waals surface area (Å²) >= 11 is 5.96. The molecule has 5 aromatic rings. The van der Waals surface area contributed by atoms with E-state index >= 15 is 0 Å². The van der Waals surface area contributed by atoms with Crippen molar-refractivity contribution in [2.45, 2.75) is 0 Å². The van der Waals surface area contributed by atoms with Crippen LogP contribution in [0.3, 0.4) is 0 Å². The highest BCUT2D eigenvalue weighted by atomic mass is 35.5. The maximum Gasteiger partial charge on any atom is 0.288 e. The lowest BCUT2D eigenvalue weighted by Crippen LogP contribution is -1.99. The number of hydrogen-bond donors (Lipinski definition) is 0. The van der Waals surface area contributed by atoms with Crippen molar-refractivity contribution in [2.75, 3.05) is 14.2 Å². The number of para-hydroxylation sites is 2. The van der Waals surface area contributed by atoms with Gasteiger partial charge < -0.3 is 9.47 Å². The van der Waals surface area contributed by atoms with Crippen LogP contribution in [0, 0.1) is 21.4 Å². The first kappa shape index (κ1) is 23.9. The molecule has 0 amide bonds. The van der Waals surface area contributed by atoms with Gasteiger partial charge in [-0.3, -0.25) is 14.5 Å². The minimum absolute atomic E-state index is 0.0552. The van der Waals surface area contributed by atoms with E-state index in [4.69, 9.17) is 26.1 Å². The Balaban J connectivity index is 1.79. The molecule has 0 fully saturated rings. The van der Waals surface area contributed by atoms with E-state index in [1.165, 1.54) is 12.1 Å². The van der Waals surface area contributed by atoms with Gasteiger partial charge in [-0.2, -0.15) is 5.26 Å². The molecule has 5 rings (SSSR count). The number of imidazole rings is 1. The molecule has 0 atom stereocenters. The molecule has 0 aliphatic rings. The Bertz CT molecular complexity index is 1750. The SMILES string of the molecule is COc1cc(OC)cc(-c2cc(/C=C/c3ccc(Cl)c([N+](=O)[O-])c3)c(C#N)c3nc4ccccc4n23)c1. The third kappa shape index (κ3) is 4.33. The summed E-state index contributed by atoms with van der Waals surface area (Å²) in [6, 6.07) is 21.9. The Hall–Kier alpha value is -4.87. The Morgan fingerprint density at radius 2 is 1.76 bits per heavy atom. The zero-order valence-electron chi connectivity index (χ0n) is 19.8. The second-order valence-electron chi connectivity index (χ2n) is 8.13. The molecule has 0 saturated carbocycles. The van der Waals surface area contributed by atoms with Gasteiger partial charge >= 0.3 is 0 Å². The molecule has 0 spiro atoms. The molecular formula is C28H19ClN4O4. The number of methoxy groups -OCH3 is 2. The van der Waals surface area contributed by atoms with Crippen molar-refractivity contribution in [1.29, 1.82) is 5.26 Å². The fourth-order valence-corrected chi connectivity index (χ4v) is 4.41. The second kappa shape index (κ2) is 9.64. The first-order valence-corrected chi connectivity index (χ1v) is 11.5. The van der Waals surface area contributed by atoms with E-state index in [2.05, 4.69) is 6.07 Å². The maximum absolute atomic E-state index is 11.3. The molecule has 37 heavy (non-hydrogen) atoms. The summed E-state index contributed by atoms with van der Waals surface area (Å²) in [6.45, 7) is 0. The zero-order valence-corrected chi connectivity index (χ0v) is 20.6. The van der Waals surface area contributed by atoms with Crippen LogP contribution in [0.4, 0.5) is 5.69 Å². The average Bonchev–Trinajstić information content (AvgIpc) is 3.30. The molecule has 0 saturated heterocycles. The summed E-state index contributed by atoms with van der Waals surface area (Å²) in [5.74, 6) is 1.23. The topological polar surface area (TPSA) is 103 Å². The Morgan fingerprint density at radius 1 is 1.03 bits per heavy atom. The van der Waals surface area contributed by atoms with E-state index in [9.17, 15) is 15.4 Å². The molecule has 0 unspecified atom stereocenters. The molecule has 0 aliphatic carbocycles. The molecule has 0 aliphatic heterocycles. The number of halogens is 1. The van der Waals surface area contributed by atoms with E-state index in [0.29, 0.717) is 33.8 Å². The van der Waals surface area contributed by atoms with Crippen molar-refractivity contribution in [2.24, 2.45) is 0 Å². The van der Waals surface area contributed by atoms with E-state index in [-0.39, 0.29) is 10.7 Å². The molecule has 8 nitrogen and oxygen atoms in total. The standard InChI is InChI=1S/C28H19ClN4O4/c1-36-20-12-19(13-21(15-20)37-2)26-14-18(9-7-17-8-10-23(29)27(11-17)33(34)35)22(16-30)28-31-24-5-3-4-6-25(24)32(26)28/h3-15H,1-2H3/b9-7+. The Morgan fingerprint density at radius 3 is 2.43 bits per heavy atom. The van der Waals surface area contributed by atoms with Crippen LogP contribution in [0.15, 0.2) is 66.7 Å². The highest BCUT2D eigenvalue weighted by molar-refractivity contribution is 6.32. The van der Waals surface area contributed by atoms with Crippen molar-refractivity contribution in [1.82, 2.24) is 9.38 Å². The van der Waals surface area contributed by atoms with Gasteiger partial charge in [0.25, 0.3) is 5.69 Å². The van der Waals surface area contributed by atoms with Gasteiger partial charge in [-0.1, -0.05) is 42.0 Å². The smallest absolute Gasteiger partial charge is 0.288 e. The number of hydrogen-bond acceptors (Lipinski definition) is 6. The highest BCUT2D eigenvalue weighted by Crippen LogP contribution is 2.35. The first-order chi connectivity index (χ1) is 17.9. The number of nitro benzene ring substituents is 1. The predicted octanol–water partition coefficient (Wildman–Crippen LogP) is 6.78. The number of nitrogens with zero attached hydrogens (tertiary/aromatic N) is 4. The Labute approximate surface area is 216 Å². The van der Waals surface area contributed by atoms with Gasteiger partial charge in [-0.05, 0) is 47.5 Å². The van der Waals surface area contributed by atoms with E-state index < -0.39 is 4.92 Å². The number of benzene rings is 3. The van der Waals surface area contributed by atoms with Crippen molar-refractivity contribution in [3.8, 4) is 28.8 Å². The van der Waals surface area contributed by atoms with Crippen molar-refractivity contribution in [3.63, 3.8) is 0 Å². The molecule has 2 aromatic heterocycles. The largest absolute Gasteiger partial charge is 0.497 e. The van der Waals surface area contributed by atoms with Gasteiger partial charge in [0.1, 0.15) is 28.2 Å². The van der Waals surface area contributed by atoms with Crippen LogP contribution in [-0.2, 0) is 0 Å². The molecule has 9 heteroatoms. The zero-order chi connectivity index (χ0) is 26.1. The number of rotatable bonds is 6. The van der Waals surface area contributed by atoms with Crippen LogP contribution in [0.25, 0.3) is 40.1 Å². The molecule has 2 heterocycles. The predicted molar refractivity (Wildman–Crippen MR) is 143 cm³/mol. The highest BCUT2D eigenvalue weighted by Gasteiger charge is 2.18. The van der Waals surface area contributed by atoms with Gasteiger partial charge in [0.05, 0.1) is 35.9 Å². The number of aromatic nitrogens is 2. The van der Waals surface area contributed by atoms with Crippen LogP contribution >= 0.6 is 11.6 Å². The van der Waals surface area contributed by atoms with Crippen molar-refractivity contribution < 1.29 is 14.4 Å². The van der Waals surface area contributed by atoms with Gasteiger partial charge in [-0.25, -0.2) is 4.98 Å². The van der Waals surface area contributed by atoms with Crippen LogP contribution < -0.4 is 9.47 Å². The van der Waals surface area contributed by atoms with Gasteiger partial charge in [0.15, 0.2) is 5.65 Å².